The zero-order valence-corrected chi connectivity index (χ0v) is 13.0. The minimum absolute atomic E-state index is 0.624. The maximum absolute atomic E-state index is 5.36. The first kappa shape index (κ1) is 15.7. The van der Waals surface area contributed by atoms with Crippen molar-refractivity contribution in [3.63, 3.8) is 0 Å². The van der Waals surface area contributed by atoms with Crippen LogP contribution in [0.15, 0.2) is 18.2 Å². The molecule has 0 amide bonds. The predicted octanol–water partition coefficient (Wildman–Crippen LogP) is 1.63. The van der Waals surface area contributed by atoms with Gasteiger partial charge in [-0.05, 0) is 17.7 Å². The molecule has 1 N–H and O–H groups in total. The summed E-state index contributed by atoms with van der Waals surface area (Å²) in [6.45, 7) is 5.29. The van der Waals surface area contributed by atoms with Crippen molar-refractivity contribution in [2.45, 2.75) is 0 Å². The summed E-state index contributed by atoms with van der Waals surface area (Å²) < 4.78 is 16.0. The highest BCUT2D eigenvalue weighted by atomic mass is 16.5. The van der Waals surface area contributed by atoms with E-state index in [9.17, 15) is 0 Å². The van der Waals surface area contributed by atoms with Gasteiger partial charge in [-0.15, -0.1) is 0 Å². The molecule has 21 heavy (non-hydrogen) atoms. The van der Waals surface area contributed by atoms with Crippen LogP contribution in [-0.2, 0) is 0 Å². The second-order valence-corrected chi connectivity index (χ2v) is 4.91. The van der Waals surface area contributed by atoms with Crippen molar-refractivity contribution in [3.8, 4) is 17.2 Å². The van der Waals surface area contributed by atoms with E-state index in [1.54, 1.807) is 21.3 Å². The molecule has 2 rings (SSSR count). The Bertz CT molecular complexity index is 457. The summed E-state index contributed by atoms with van der Waals surface area (Å²) in [6.07, 6.45) is 4.26. The van der Waals surface area contributed by atoms with Crippen molar-refractivity contribution in [2.24, 2.45) is 0 Å². The summed E-state index contributed by atoms with van der Waals surface area (Å²) in [5.74, 6) is 1.98. The van der Waals surface area contributed by atoms with E-state index in [0.29, 0.717) is 17.2 Å². The van der Waals surface area contributed by atoms with Crippen LogP contribution in [-0.4, -0.2) is 59.0 Å². The van der Waals surface area contributed by atoms with E-state index in [-0.39, 0.29) is 0 Å². The molecule has 1 aliphatic rings. The van der Waals surface area contributed by atoms with E-state index in [1.807, 2.05) is 12.1 Å². The van der Waals surface area contributed by atoms with Crippen molar-refractivity contribution in [1.82, 2.24) is 10.2 Å². The van der Waals surface area contributed by atoms with Crippen molar-refractivity contribution >= 4 is 6.08 Å². The minimum Gasteiger partial charge on any atom is -0.493 e. The topological polar surface area (TPSA) is 43.0 Å². The molecule has 0 atom stereocenters. The Morgan fingerprint density at radius 1 is 1.05 bits per heavy atom. The summed E-state index contributed by atoms with van der Waals surface area (Å²) in [7, 11) is 4.87. The third kappa shape index (κ3) is 4.12. The number of piperazine rings is 1. The van der Waals surface area contributed by atoms with Crippen LogP contribution in [0.3, 0.4) is 0 Å². The Labute approximate surface area is 126 Å². The average molecular weight is 292 g/mol. The van der Waals surface area contributed by atoms with Crippen LogP contribution in [0, 0.1) is 0 Å². The van der Waals surface area contributed by atoms with E-state index in [0.717, 1.165) is 38.3 Å². The molecule has 0 radical (unpaired) electrons. The van der Waals surface area contributed by atoms with E-state index in [2.05, 4.69) is 22.4 Å². The van der Waals surface area contributed by atoms with Crippen LogP contribution >= 0.6 is 0 Å². The molecule has 116 valence electrons. The largest absolute Gasteiger partial charge is 0.493 e. The standard InChI is InChI=1S/C16H24N2O3/c1-19-14-11-13(12-15(20-2)16(14)21-3)5-4-8-18-9-6-17-7-10-18/h4-5,11-12,17H,6-10H2,1-3H3/b5-4+. The van der Waals surface area contributed by atoms with Gasteiger partial charge in [0.15, 0.2) is 11.5 Å². The van der Waals surface area contributed by atoms with Gasteiger partial charge in [-0.1, -0.05) is 12.2 Å². The Hall–Kier alpha value is -1.72. The number of rotatable bonds is 6. The third-order valence-electron chi connectivity index (χ3n) is 3.57. The molecule has 0 aliphatic carbocycles. The summed E-state index contributed by atoms with van der Waals surface area (Å²) in [4.78, 5) is 2.42. The van der Waals surface area contributed by atoms with Crippen molar-refractivity contribution in [3.05, 3.63) is 23.8 Å². The van der Waals surface area contributed by atoms with E-state index >= 15 is 0 Å². The Balaban J connectivity index is 2.08. The van der Waals surface area contributed by atoms with Crippen molar-refractivity contribution in [2.75, 3.05) is 54.1 Å². The van der Waals surface area contributed by atoms with Gasteiger partial charge in [0.1, 0.15) is 0 Å². The number of benzene rings is 1. The number of methoxy groups -OCH3 is 3. The number of nitrogens with zero attached hydrogens (tertiary/aromatic N) is 1. The lowest BCUT2D eigenvalue weighted by Crippen LogP contribution is -2.43. The van der Waals surface area contributed by atoms with Gasteiger partial charge in [-0.2, -0.15) is 0 Å². The zero-order valence-electron chi connectivity index (χ0n) is 13.0. The Morgan fingerprint density at radius 2 is 1.67 bits per heavy atom. The monoisotopic (exact) mass is 292 g/mol. The Morgan fingerprint density at radius 3 is 2.19 bits per heavy atom. The molecular weight excluding hydrogens is 268 g/mol. The second-order valence-electron chi connectivity index (χ2n) is 4.91. The minimum atomic E-state index is 0.624. The first-order chi connectivity index (χ1) is 10.3. The first-order valence-electron chi connectivity index (χ1n) is 7.18. The third-order valence-corrected chi connectivity index (χ3v) is 3.57. The number of ether oxygens (including phenoxy) is 3. The van der Waals surface area contributed by atoms with E-state index < -0.39 is 0 Å². The van der Waals surface area contributed by atoms with Gasteiger partial charge >= 0.3 is 0 Å². The molecule has 1 fully saturated rings. The fraction of sp³-hybridized carbons (Fsp3) is 0.500. The second kappa shape index (κ2) is 7.90. The molecule has 1 aromatic carbocycles. The fourth-order valence-corrected chi connectivity index (χ4v) is 2.43. The highest BCUT2D eigenvalue weighted by Crippen LogP contribution is 2.38. The molecule has 1 aliphatic heterocycles. The summed E-state index contributed by atoms with van der Waals surface area (Å²) in [6, 6.07) is 3.91. The van der Waals surface area contributed by atoms with Gasteiger partial charge in [0.05, 0.1) is 21.3 Å². The van der Waals surface area contributed by atoms with Crippen LogP contribution in [0.5, 0.6) is 17.2 Å². The highest BCUT2D eigenvalue weighted by Gasteiger charge is 2.12. The smallest absolute Gasteiger partial charge is 0.203 e. The molecular formula is C16H24N2O3. The molecule has 1 heterocycles. The van der Waals surface area contributed by atoms with Crippen LogP contribution in [0.25, 0.3) is 6.08 Å². The van der Waals surface area contributed by atoms with Crippen LogP contribution in [0.1, 0.15) is 5.56 Å². The molecule has 0 saturated carbocycles. The molecule has 0 unspecified atom stereocenters. The van der Waals surface area contributed by atoms with Crippen molar-refractivity contribution < 1.29 is 14.2 Å². The van der Waals surface area contributed by atoms with E-state index in [4.69, 9.17) is 14.2 Å². The SMILES string of the molecule is COc1cc(/C=C/CN2CCNCC2)cc(OC)c1OC. The predicted molar refractivity (Wildman–Crippen MR) is 84.4 cm³/mol. The van der Waals surface area contributed by atoms with Gasteiger partial charge in [-0.3, -0.25) is 4.90 Å². The summed E-state index contributed by atoms with van der Waals surface area (Å²) >= 11 is 0. The number of nitrogens with one attached hydrogen (secondary N) is 1. The van der Waals surface area contributed by atoms with Gasteiger partial charge < -0.3 is 19.5 Å². The van der Waals surface area contributed by atoms with E-state index in [1.165, 1.54) is 0 Å². The Kier molecular flexibility index (Phi) is 5.90. The fourth-order valence-electron chi connectivity index (χ4n) is 2.43. The highest BCUT2D eigenvalue weighted by molar-refractivity contribution is 5.62. The lowest BCUT2D eigenvalue weighted by atomic mass is 10.1. The maximum Gasteiger partial charge on any atom is 0.203 e. The lowest BCUT2D eigenvalue weighted by Gasteiger charge is -2.25. The molecule has 1 aromatic rings. The first-order valence-corrected chi connectivity index (χ1v) is 7.18. The molecule has 0 aromatic heterocycles. The lowest BCUT2D eigenvalue weighted by molar-refractivity contribution is 0.265. The van der Waals surface area contributed by atoms with Gasteiger partial charge in [-0.25, -0.2) is 0 Å². The molecule has 1 saturated heterocycles. The van der Waals surface area contributed by atoms with Crippen LogP contribution in [0.2, 0.25) is 0 Å². The van der Waals surface area contributed by atoms with Crippen LogP contribution < -0.4 is 19.5 Å². The molecule has 5 nitrogen and oxygen atoms in total. The number of hydrogen-bond acceptors (Lipinski definition) is 5. The molecule has 0 bridgehead atoms. The summed E-state index contributed by atoms with van der Waals surface area (Å²) in [5, 5.41) is 3.35. The normalized spacial score (nSPS) is 16.1. The van der Waals surface area contributed by atoms with Crippen molar-refractivity contribution in [1.29, 1.82) is 0 Å². The molecule has 0 spiro atoms. The van der Waals surface area contributed by atoms with Gasteiger partial charge in [0, 0.05) is 32.7 Å². The van der Waals surface area contributed by atoms with Crippen LogP contribution in [0.4, 0.5) is 0 Å². The average Bonchev–Trinajstić information content (AvgIpc) is 2.54. The maximum atomic E-state index is 5.36. The zero-order chi connectivity index (χ0) is 15.1. The van der Waals surface area contributed by atoms with Gasteiger partial charge in [0.25, 0.3) is 0 Å². The quantitative estimate of drug-likeness (QED) is 0.863. The molecule has 5 heteroatoms. The van der Waals surface area contributed by atoms with Gasteiger partial charge in [0.2, 0.25) is 5.75 Å². The summed E-state index contributed by atoms with van der Waals surface area (Å²) in [5.41, 5.74) is 1.04. The number of hydrogen-bond donors (Lipinski definition) is 1.